The first-order valence-electron chi connectivity index (χ1n) is 10.1. The SMILES string of the molecule is O=[N+]([O-])c1c(N2CCN(Cc3ccccc3)CC2)ncnc1-n1cnc2ccccc21. The van der Waals surface area contributed by atoms with Crippen molar-refractivity contribution in [3.63, 3.8) is 0 Å². The molecule has 5 rings (SSSR count). The molecular formula is C22H21N7O2. The first kappa shape index (κ1) is 19.1. The molecule has 0 aliphatic carbocycles. The molecule has 9 heteroatoms. The van der Waals surface area contributed by atoms with Crippen molar-refractivity contribution in [1.82, 2.24) is 24.4 Å². The zero-order valence-corrected chi connectivity index (χ0v) is 16.8. The van der Waals surface area contributed by atoms with Crippen molar-refractivity contribution in [3.05, 3.63) is 82.9 Å². The molecule has 3 heterocycles. The van der Waals surface area contributed by atoms with E-state index in [0.29, 0.717) is 18.9 Å². The summed E-state index contributed by atoms with van der Waals surface area (Å²) in [7, 11) is 0. The van der Waals surface area contributed by atoms with Crippen LogP contribution in [-0.4, -0.2) is 55.5 Å². The zero-order valence-electron chi connectivity index (χ0n) is 16.8. The van der Waals surface area contributed by atoms with Crippen molar-refractivity contribution >= 4 is 22.5 Å². The third-order valence-corrected chi connectivity index (χ3v) is 5.57. The number of hydrogen-bond donors (Lipinski definition) is 0. The molecular weight excluding hydrogens is 394 g/mol. The normalized spacial score (nSPS) is 14.8. The number of fused-ring (bicyclic) bond motifs is 1. The van der Waals surface area contributed by atoms with Gasteiger partial charge in [0.2, 0.25) is 11.6 Å². The number of imidazole rings is 1. The number of aromatic nitrogens is 4. The fourth-order valence-electron chi connectivity index (χ4n) is 4.02. The summed E-state index contributed by atoms with van der Waals surface area (Å²) in [6.07, 6.45) is 2.96. The highest BCUT2D eigenvalue weighted by atomic mass is 16.6. The molecule has 0 radical (unpaired) electrons. The van der Waals surface area contributed by atoms with Gasteiger partial charge in [0.05, 0.1) is 16.0 Å². The van der Waals surface area contributed by atoms with E-state index >= 15 is 0 Å². The molecule has 156 valence electrons. The number of para-hydroxylation sites is 2. The van der Waals surface area contributed by atoms with E-state index in [2.05, 4.69) is 32.0 Å². The van der Waals surface area contributed by atoms with Crippen molar-refractivity contribution in [2.75, 3.05) is 31.1 Å². The summed E-state index contributed by atoms with van der Waals surface area (Å²) in [5.41, 5.74) is 2.69. The number of anilines is 1. The Balaban J connectivity index is 1.43. The first-order valence-corrected chi connectivity index (χ1v) is 10.1. The molecule has 0 saturated carbocycles. The number of hydrogen-bond acceptors (Lipinski definition) is 7. The van der Waals surface area contributed by atoms with E-state index in [9.17, 15) is 10.1 Å². The fourth-order valence-corrected chi connectivity index (χ4v) is 4.02. The summed E-state index contributed by atoms with van der Waals surface area (Å²) in [6.45, 7) is 3.80. The van der Waals surface area contributed by atoms with Gasteiger partial charge in [-0.25, -0.2) is 15.0 Å². The Hall–Kier alpha value is -3.85. The first-order chi connectivity index (χ1) is 15.2. The van der Waals surface area contributed by atoms with E-state index in [4.69, 9.17) is 0 Å². The number of benzene rings is 2. The predicted octanol–water partition coefficient (Wildman–Crippen LogP) is 3.05. The molecule has 0 amide bonds. The van der Waals surface area contributed by atoms with Crippen molar-refractivity contribution in [2.24, 2.45) is 0 Å². The standard InChI is InChI=1S/C22H21N7O2/c30-29(31)20-21(27-12-10-26(11-13-27)14-17-6-2-1-3-7-17)23-15-24-22(20)28-16-25-18-8-4-5-9-19(18)28/h1-9,15-16H,10-14H2. The maximum atomic E-state index is 12.1. The summed E-state index contributed by atoms with van der Waals surface area (Å²) >= 11 is 0. The zero-order chi connectivity index (χ0) is 21.2. The summed E-state index contributed by atoms with van der Waals surface area (Å²) in [5, 5.41) is 12.1. The predicted molar refractivity (Wildman–Crippen MR) is 117 cm³/mol. The molecule has 0 spiro atoms. The Morgan fingerprint density at radius 1 is 0.871 bits per heavy atom. The van der Waals surface area contributed by atoms with Crippen LogP contribution in [-0.2, 0) is 6.54 Å². The lowest BCUT2D eigenvalue weighted by molar-refractivity contribution is -0.384. The van der Waals surface area contributed by atoms with Gasteiger partial charge in [0.15, 0.2) is 0 Å². The summed E-state index contributed by atoms with van der Waals surface area (Å²) in [5.74, 6) is 0.586. The Kier molecular flexibility index (Phi) is 5.01. The maximum Gasteiger partial charge on any atom is 0.354 e. The van der Waals surface area contributed by atoms with Crippen molar-refractivity contribution in [1.29, 1.82) is 0 Å². The van der Waals surface area contributed by atoms with Crippen LogP contribution in [0.3, 0.4) is 0 Å². The van der Waals surface area contributed by atoms with E-state index in [1.807, 2.05) is 47.4 Å². The van der Waals surface area contributed by atoms with Crippen molar-refractivity contribution < 1.29 is 4.92 Å². The number of nitrogens with zero attached hydrogens (tertiary/aromatic N) is 7. The van der Waals surface area contributed by atoms with Gasteiger partial charge in [-0.15, -0.1) is 0 Å². The van der Waals surface area contributed by atoms with Crippen LogP contribution in [0.15, 0.2) is 67.3 Å². The lowest BCUT2D eigenvalue weighted by Crippen LogP contribution is -2.46. The van der Waals surface area contributed by atoms with E-state index in [0.717, 1.165) is 30.7 Å². The van der Waals surface area contributed by atoms with E-state index in [1.165, 1.54) is 11.9 Å². The third kappa shape index (κ3) is 3.71. The van der Waals surface area contributed by atoms with Gasteiger partial charge < -0.3 is 4.90 Å². The largest absolute Gasteiger partial charge is 0.354 e. The molecule has 2 aromatic carbocycles. The van der Waals surface area contributed by atoms with Gasteiger partial charge in [0.25, 0.3) is 0 Å². The lowest BCUT2D eigenvalue weighted by Gasteiger charge is -2.35. The number of rotatable bonds is 5. The minimum Gasteiger partial charge on any atom is -0.348 e. The van der Waals surface area contributed by atoms with Gasteiger partial charge in [-0.1, -0.05) is 42.5 Å². The molecule has 1 saturated heterocycles. The topological polar surface area (TPSA) is 93.2 Å². The number of piperazine rings is 1. The van der Waals surface area contributed by atoms with Crippen LogP contribution in [0.25, 0.3) is 16.9 Å². The number of nitro groups is 1. The summed E-state index contributed by atoms with van der Waals surface area (Å²) < 4.78 is 1.66. The van der Waals surface area contributed by atoms with Crippen LogP contribution in [0.1, 0.15) is 5.56 Å². The van der Waals surface area contributed by atoms with E-state index in [-0.39, 0.29) is 11.5 Å². The van der Waals surface area contributed by atoms with Crippen LogP contribution < -0.4 is 4.90 Å². The highest BCUT2D eigenvalue weighted by molar-refractivity contribution is 5.79. The van der Waals surface area contributed by atoms with E-state index in [1.54, 1.807) is 10.9 Å². The van der Waals surface area contributed by atoms with Crippen LogP contribution in [0.2, 0.25) is 0 Å². The summed E-state index contributed by atoms with van der Waals surface area (Å²) in [6, 6.07) is 17.8. The molecule has 0 atom stereocenters. The van der Waals surface area contributed by atoms with Crippen LogP contribution in [0.5, 0.6) is 0 Å². The Morgan fingerprint density at radius 2 is 1.58 bits per heavy atom. The molecule has 4 aromatic rings. The highest BCUT2D eigenvalue weighted by Crippen LogP contribution is 2.32. The Bertz CT molecular complexity index is 1220. The van der Waals surface area contributed by atoms with Gasteiger partial charge >= 0.3 is 5.69 Å². The van der Waals surface area contributed by atoms with Crippen LogP contribution in [0.4, 0.5) is 11.5 Å². The third-order valence-electron chi connectivity index (χ3n) is 5.57. The van der Waals surface area contributed by atoms with Crippen LogP contribution >= 0.6 is 0 Å². The quantitative estimate of drug-likeness (QED) is 0.365. The lowest BCUT2D eigenvalue weighted by atomic mass is 10.2. The smallest absolute Gasteiger partial charge is 0.348 e. The van der Waals surface area contributed by atoms with Crippen molar-refractivity contribution in [3.8, 4) is 5.82 Å². The second kappa shape index (κ2) is 8.11. The van der Waals surface area contributed by atoms with Gasteiger partial charge in [0, 0.05) is 32.7 Å². The van der Waals surface area contributed by atoms with Gasteiger partial charge in [-0.05, 0) is 17.7 Å². The molecule has 0 unspecified atom stereocenters. The molecule has 31 heavy (non-hydrogen) atoms. The molecule has 9 nitrogen and oxygen atoms in total. The Morgan fingerprint density at radius 3 is 2.35 bits per heavy atom. The minimum atomic E-state index is -0.393. The Labute approximate surface area is 178 Å². The highest BCUT2D eigenvalue weighted by Gasteiger charge is 2.30. The minimum absolute atomic E-state index is 0.0952. The average Bonchev–Trinajstić information content (AvgIpc) is 3.24. The maximum absolute atomic E-state index is 12.1. The van der Waals surface area contributed by atoms with Crippen molar-refractivity contribution in [2.45, 2.75) is 6.54 Å². The molecule has 1 fully saturated rings. The average molecular weight is 415 g/mol. The second-order valence-electron chi connectivity index (χ2n) is 7.48. The molecule has 2 aromatic heterocycles. The summed E-state index contributed by atoms with van der Waals surface area (Å²) in [4.78, 5) is 28.9. The second-order valence-corrected chi connectivity index (χ2v) is 7.48. The fraction of sp³-hybridized carbons (Fsp3) is 0.227. The molecule has 1 aliphatic rings. The van der Waals surface area contributed by atoms with Gasteiger partial charge in [-0.3, -0.25) is 19.6 Å². The molecule has 0 N–H and O–H groups in total. The van der Waals surface area contributed by atoms with Crippen LogP contribution in [0, 0.1) is 10.1 Å². The monoisotopic (exact) mass is 415 g/mol. The van der Waals surface area contributed by atoms with Gasteiger partial charge in [-0.2, -0.15) is 0 Å². The van der Waals surface area contributed by atoms with E-state index < -0.39 is 4.92 Å². The molecule has 0 bridgehead atoms. The van der Waals surface area contributed by atoms with Gasteiger partial charge in [0.1, 0.15) is 12.7 Å². The molecule has 1 aliphatic heterocycles.